The van der Waals surface area contributed by atoms with Crippen molar-refractivity contribution in [3.05, 3.63) is 35.9 Å². The normalized spacial score (nSPS) is 12.0. The van der Waals surface area contributed by atoms with Gasteiger partial charge in [0.05, 0.1) is 19.3 Å². The fourth-order valence-corrected chi connectivity index (χ4v) is 2.21. The van der Waals surface area contributed by atoms with Gasteiger partial charge in [-0.25, -0.2) is 9.59 Å². The second kappa shape index (κ2) is 9.52. The number of carbonyl (C=O) groups excluding carboxylic acids is 2. The van der Waals surface area contributed by atoms with E-state index in [0.29, 0.717) is 5.33 Å². The molecule has 116 valence electrons. The lowest BCUT2D eigenvalue weighted by Crippen LogP contribution is -2.37. The summed E-state index contributed by atoms with van der Waals surface area (Å²) < 4.78 is 15.4. The maximum Gasteiger partial charge on any atom is 0.347 e. The molecule has 6 heteroatoms. The average Bonchev–Trinajstić information content (AvgIpc) is 2.49. The zero-order valence-corrected chi connectivity index (χ0v) is 13.7. The van der Waals surface area contributed by atoms with Gasteiger partial charge >= 0.3 is 11.9 Å². The Balaban J connectivity index is 2.87. The van der Waals surface area contributed by atoms with Crippen LogP contribution in [0.15, 0.2) is 30.3 Å². The highest BCUT2D eigenvalue weighted by molar-refractivity contribution is 9.09. The Morgan fingerprint density at radius 1 is 1.05 bits per heavy atom. The highest BCUT2D eigenvalue weighted by Crippen LogP contribution is 2.22. The average molecular weight is 359 g/mol. The van der Waals surface area contributed by atoms with Crippen molar-refractivity contribution in [1.82, 2.24) is 0 Å². The molecule has 0 aliphatic carbocycles. The number of halogens is 1. The lowest BCUT2D eigenvalue weighted by atomic mass is 10.1. The molecule has 0 unspecified atom stereocenters. The molecule has 0 N–H and O–H groups in total. The van der Waals surface area contributed by atoms with Crippen LogP contribution >= 0.6 is 15.9 Å². The molecule has 0 aliphatic heterocycles. The first-order valence-electron chi connectivity index (χ1n) is 6.73. The van der Waals surface area contributed by atoms with Gasteiger partial charge in [-0.3, -0.25) is 0 Å². The van der Waals surface area contributed by atoms with Crippen LogP contribution in [-0.2, 0) is 23.8 Å². The molecule has 0 aliphatic rings. The second-order valence-electron chi connectivity index (χ2n) is 4.07. The third-order valence-corrected chi connectivity index (χ3v) is 3.20. The van der Waals surface area contributed by atoms with Gasteiger partial charge in [-0.15, -0.1) is 0 Å². The van der Waals surface area contributed by atoms with Crippen molar-refractivity contribution in [2.24, 2.45) is 0 Å². The highest BCUT2D eigenvalue weighted by atomic mass is 79.9. The van der Waals surface area contributed by atoms with Gasteiger partial charge in [0.1, 0.15) is 0 Å². The molecular weight excluding hydrogens is 340 g/mol. The quantitative estimate of drug-likeness (QED) is 0.406. The van der Waals surface area contributed by atoms with Gasteiger partial charge in [0.25, 0.3) is 6.10 Å². The van der Waals surface area contributed by atoms with Crippen molar-refractivity contribution < 1.29 is 23.8 Å². The van der Waals surface area contributed by atoms with Gasteiger partial charge in [0.2, 0.25) is 0 Å². The number of benzene rings is 1. The predicted octanol–water partition coefficient (Wildman–Crippen LogP) is 2.63. The lowest BCUT2D eigenvalue weighted by molar-refractivity contribution is -0.176. The van der Waals surface area contributed by atoms with E-state index in [9.17, 15) is 9.59 Å². The van der Waals surface area contributed by atoms with E-state index in [1.165, 1.54) is 0 Å². The Hall–Kier alpha value is -1.40. The van der Waals surface area contributed by atoms with Crippen molar-refractivity contribution in [1.29, 1.82) is 0 Å². The largest absolute Gasteiger partial charge is 0.464 e. The van der Waals surface area contributed by atoms with Gasteiger partial charge in [-0.1, -0.05) is 46.3 Å². The molecule has 0 saturated heterocycles. The number of hydrogen-bond donors (Lipinski definition) is 0. The standard InChI is InChI=1S/C15H19BrO5/c1-3-19-14(17)13(15(18)20-4-2)21-12(10-16)11-8-6-5-7-9-11/h5-9,12-13H,3-4,10H2,1-2H3/t12-/m1/s1. The third-order valence-electron chi connectivity index (χ3n) is 2.61. The maximum absolute atomic E-state index is 11.9. The molecule has 0 saturated carbocycles. The molecular formula is C15H19BrO5. The zero-order chi connectivity index (χ0) is 15.7. The Labute approximate surface area is 132 Å². The van der Waals surface area contributed by atoms with Gasteiger partial charge in [0.15, 0.2) is 0 Å². The van der Waals surface area contributed by atoms with Crippen molar-refractivity contribution in [3.63, 3.8) is 0 Å². The van der Waals surface area contributed by atoms with E-state index in [-0.39, 0.29) is 13.2 Å². The Bertz CT molecular complexity index is 431. The molecule has 0 fully saturated rings. The van der Waals surface area contributed by atoms with E-state index < -0.39 is 24.1 Å². The van der Waals surface area contributed by atoms with Crippen LogP contribution in [0.3, 0.4) is 0 Å². The minimum Gasteiger partial charge on any atom is -0.464 e. The number of hydrogen-bond acceptors (Lipinski definition) is 5. The molecule has 21 heavy (non-hydrogen) atoms. The fraction of sp³-hybridized carbons (Fsp3) is 0.467. The Kier molecular flexibility index (Phi) is 8.00. The molecule has 1 aromatic carbocycles. The zero-order valence-electron chi connectivity index (χ0n) is 12.1. The topological polar surface area (TPSA) is 61.8 Å². The molecule has 1 atom stereocenters. The van der Waals surface area contributed by atoms with Crippen LogP contribution in [-0.4, -0.2) is 36.6 Å². The number of esters is 2. The van der Waals surface area contributed by atoms with E-state index in [1.54, 1.807) is 13.8 Å². The van der Waals surface area contributed by atoms with Gasteiger partial charge in [0, 0.05) is 5.33 Å². The summed E-state index contributed by atoms with van der Waals surface area (Å²) in [5.41, 5.74) is 0.855. The molecule has 5 nitrogen and oxygen atoms in total. The molecule has 0 amide bonds. The summed E-state index contributed by atoms with van der Waals surface area (Å²) in [7, 11) is 0. The maximum atomic E-state index is 11.9. The summed E-state index contributed by atoms with van der Waals surface area (Å²) in [6.07, 6.45) is -1.84. The highest BCUT2D eigenvalue weighted by Gasteiger charge is 2.33. The van der Waals surface area contributed by atoms with E-state index in [4.69, 9.17) is 14.2 Å². The molecule has 1 rings (SSSR count). The van der Waals surface area contributed by atoms with E-state index in [1.807, 2.05) is 30.3 Å². The van der Waals surface area contributed by atoms with Crippen LogP contribution in [0.1, 0.15) is 25.5 Å². The van der Waals surface area contributed by atoms with Crippen LogP contribution in [0.25, 0.3) is 0 Å². The second-order valence-corrected chi connectivity index (χ2v) is 4.72. The van der Waals surface area contributed by atoms with Crippen molar-refractivity contribution in [3.8, 4) is 0 Å². The van der Waals surface area contributed by atoms with Gasteiger partial charge in [-0.05, 0) is 19.4 Å². The summed E-state index contributed by atoms with van der Waals surface area (Å²) in [6, 6.07) is 9.32. The summed E-state index contributed by atoms with van der Waals surface area (Å²) in [4.78, 5) is 23.8. The SMILES string of the molecule is CCOC(=O)C(O[C@H](CBr)c1ccccc1)C(=O)OCC. The number of rotatable bonds is 8. The fourth-order valence-electron chi connectivity index (χ4n) is 1.68. The van der Waals surface area contributed by atoms with Crippen LogP contribution in [0, 0.1) is 0 Å². The number of ether oxygens (including phenoxy) is 3. The summed E-state index contributed by atoms with van der Waals surface area (Å²) >= 11 is 3.33. The molecule has 1 aromatic rings. The molecule has 0 heterocycles. The predicted molar refractivity (Wildman–Crippen MR) is 81.1 cm³/mol. The summed E-state index contributed by atoms with van der Waals surface area (Å²) in [5, 5.41) is 0.437. The van der Waals surface area contributed by atoms with Crippen LogP contribution in [0.4, 0.5) is 0 Å². The first-order valence-corrected chi connectivity index (χ1v) is 7.85. The Morgan fingerprint density at radius 3 is 2.00 bits per heavy atom. The van der Waals surface area contributed by atoms with Crippen LogP contribution < -0.4 is 0 Å². The van der Waals surface area contributed by atoms with Gasteiger partial charge in [-0.2, -0.15) is 0 Å². The van der Waals surface area contributed by atoms with Gasteiger partial charge < -0.3 is 14.2 Å². The molecule has 0 bridgehead atoms. The van der Waals surface area contributed by atoms with E-state index >= 15 is 0 Å². The van der Waals surface area contributed by atoms with Crippen LogP contribution in [0.2, 0.25) is 0 Å². The van der Waals surface area contributed by atoms with E-state index in [0.717, 1.165) is 5.56 Å². The van der Waals surface area contributed by atoms with Crippen molar-refractivity contribution >= 4 is 27.9 Å². The Morgan fingerprint density at radius 2 is 1.57 bits per heavy atom. The third kappa shape index (κ3) is 5.47. The smallest absolute Gasteiger partial charge is 0.347 e. The lowest BCUT2D eigenvalue weighted by Gasteiger charge is -2.21. The minimum atomic E-state index is -1.38. The monoisotopic (exact) mass is 358 g/mol. The van der Waals surface area contributed by atoms with Crippen molar-refractivity contribution in [2.45, 2.75) is 26.1 Å². The number of carbonyl (C=O) groups is 2. The molecule has 0 aromatic heterocycles. The first kappa shape index (κ1) is 17.7. The number of alkyl halides is 1. The van der Waals surface area contributed by atoms with E-state index in [2.05, 4.69) is 15.9 Å². The first-order chi connectivity index (χ1) is 10.1. The van der Waals surface area contributed by atoms with Crippen molar-refractivity contribution in [2.75, 3.05) is 18.5 Å². The molecule has 0 radical (unpaired) electrons. The minimum absolute atomic E-state index is 0.169. The molecule has 0 spiro atoms. The van der Waals surface area contributed by atoms with Crippen LogP contribution in [0.5, 0.6) is 0 Å². The summed E-state index contributed by atoms with van der Waals surface area (Å²) in [6.45, 7) is 3.67. The summed E-state index contributed by atoms with van der Waals surface area (Å²) in [5.74, 6) is -1.48.